The third-order valence-electron chi connectivity index (χ3n) is 3.33. The maximum absolute atomic E-state index is 4.19. The molecule has 2 fully saturated rings. The zero-order chi connectivity index (χ0) is 8.86. The summed E-state index contributed by atoms with van der Waals surface area (Å²) in [7, 11) is 0. The van der Waals surface area contributed by atoms with E-state index in [-0.39, 0.29) is 0 Å². The Bertz CT molecular complexity index is 114. The first-order valence-electron chi connectivity index (χ1n) is 4.88. The fraction of sp³-hybridized carbons (Fsp3) is 1.00. The van der Waals surface area contributed by atoms with Crippen LogP contribution in [0.15, 0.2) is 0 Å². The van der Waals surface area contributed by atoms with Crippen molar-refractivity contribution in [3.05, 3.63) is 0 Å². The molecule has 3 N–H and O–H groups in total. The van der Waals surface area contributed by atoms with Gasteiger partial charge in [0.05, 0.1) is 0 Å². The topological polar surface area (TPSA) is 38.0 Å². The lowest BCUT2D eigenvalue weighted by Gasteiger charge is -2.33. The van der Waals surface area contributed by atoms with Crippen LogP contribution in [0.25, 0.3) is 0 Å². The van der Waals surface area contributed by atoms with Crippen LogP contribution < -0.4 is 10.5 Å². The number of nitrogens with one attached hydrogen (secondary N) is 1. The monoisotopic (exact) mass is 188 g/mol. The van der Waals surface area contributed by atoms with E-state index >= 15 is 0 Å². The normalized spacial score (nSPS) is 26.5. The summed E-state index contributed by atoms with van der Waals surface area (Å²) in [6.07, 6.45) is 8.95. The second kappa shape index (κ2) is 5.10. The predicted molar refractivity (Wildman–Crippen MR) is 56.2 cm³/mol. The van der Waals surface area contributed by atoms with Crippen LogP contribution in [0, 0.1) is 5.41 Å². The molecule has 1 saturated heterocycles. The van der Waals surface area contributed by atoms with Crippen molar-refractivity contribution in [1.82, 2.24) is 5.32 Å². The maximum Gasteiger partial charge on any atom is -0.00436 e. The van der Waals surface area contributed by atoms with Crippen molar-refractivity contribution < 1.29 is 0 Å². The summed E-state index contributed by atoms with van der Waals surface area (Å²) in [5.74, 6) is 0. The highest BCUT2D eigenvalue weighted by Gasteiger charge is 2.34. The van der Waals surface area contributed by atoms with Gasteiger partial charge in [-0.1, -0.05) is 12.8 Å². The average molecular weight is 188 g/mol. The molecule has 0 atom stereocenters. The zero-order valence-corrected chi connectivity index (χ0v) is 8.58. The Hall–Kier alpha value is 0.270. The van der Waals surface area contributed by atoms with Crippen molar-refractivity contribution in [1.29, 1.82) is 0 Å². The highest BCUT2D eigenvalue weighted by Crippen LogP contribution is 2.44. The molecule has 3 heteroatoms. The van der Waals surface area contributed by atoms with Gasteiger partial charge in [-0.2, -0.15) is 0 Å². The van der Waals surface area contributed by atoms with E-state index in [1.165, 1.54) is 51.6 Å². The van der Waals surface area contributed by atoms with Crippen LogP contribution in [-0.4, -0.2) is 13.1 Å². The van der Waals surface area contributed by atoms with Crippen LogP contribution >= 0.6 is 12.8 Å². The Morgan fingerprint density at radius 1 is 0.917 bits per heavy atom. The summed E-state index contributed by atoms with van der Waals surface area (Å²) >= 11 is 3.03. The van der Waals surface area contributed by atoms with Gasteiger partial charge < -0.3 is 5.32 Å². The third kappa shape index (κ3) is 2.38. The van der Waals surface area contributed by atoms with E-state index in [1.807, 2.05) is 0 Å². The van der Waals surface area contributed by atoms with E-state index in [4.69, 9.17) is 0 Å². The lowest BCUT2D eigenvalue weighted by atomic mass is 9.78. The van der Waals surface area contributed by atoms with E-state index in [0.29, 0.717) is 0 Å². The van der Waals surface area contributed by atoms with Gasteiger partial charge in [0.2, 0.25) is 0 Å². The summed E-state index contributed by atoms with van der Waals surface area (Å²) in [6.45, 7) is 2.56. The molecular formula is C9H20N2S. The van der Waals surface area contributed by atoms with E-state index in [1.54, 1.807) is 0 Å². The minimum atomic E-state index is 0.811. The van der Waals surface area contributed by atoms with Crippen LogP contribution in [0.4, 0.5) is 0 Å². The van der Waals surface area contributed by atoms with Crippen LogP contribution in [0.2, 0.25) is 0 Å². The summed E-state index contributed by atoms with van der Waals surface area (Å²) in [5.41, 5.74) is 0.811. The number of nitrogens with two attached hydrogens (primary N) is 1. The minimum Gasteiger partial charge on any atom is -0.317 e. The van der Waals surface area contributed by atoms with Crippen LogP contribution in [0.5, 0.6) is 0 Å². The van der Waals surface area contributed by atoms with Gasteiger partial charge in [0, 0.05) is 0 Å². The smallest absolute Gasteiger partial charge is 0.00436 e. The number of hydrogen-bond acceptors (Lipinski definition) is 3. The number of rotatable bonds is 0. The van der Waals surface area contributed by atoms with Crippen LogP contribution in [0.1, 0.15) is 38.5 Å². The molecule has 1 aliphatic carbocycles. The summed E-state index contributed by atoms with van der Waals surface area (Å²) in [5, 5.41) is 7.63. The molecule has 1 spiro atoms. The molecule has 12 heavy (non-hydrogen) atoms. The molecule has 72 valence electrons. The van der Waals surface area contributed by atoms with Gasteiger partial charge in [-0.15, -0.1) is 12.8 Å². The van der Waals surface area contributed by atoms with Gasteiger partial charge in [0.1, 0.15) is 0 Å². The van der Waals surface area contributed by atoms with Gasteiger partial charge in [-0.3, -0.25) is 5.14 Å². The Balaban J connectivity index is 0.000000336. The number of hydrogen-bond donors (Lipinski definition) is 3. The van der Waals surface area contributed by atoms with Gasteiger partial charge in [-0.05, 0) is 44.2 Å². The fourth-order valence-corrected chi connectivity index (χ4v) is 2.58. The fourth-order valence-electron chi connectivity index (χ4n) is 2.58. The highest BCUT2D eigenvalue weighted by molar-refractivity contribution is 7.77. The van der Waals surface area contributed by atoms with Crippen molar-refractivity contribution in [2.75, 3.05) is 13.1 Å². The van der Waals surface area contributed by atoms with Gasteiger partial charge >= 0.3 is 0 Å². The van der Waals surface area contributed by atoms with Crippen molar-refractivity contribution in [2.24, 2.45) is 10.6 Å². The second-order valence-corrected chi connectivity index (χ2v) is 3.96. The van der Waals surface area contributed by atoms with Gasteiger partial charge in [0.25, 0.3) is 0 Å². The molecule has 0 radical (unpaired) electrons. The highest BCUT2D eigenvalue weighted by atomic mass is 32.1. The molecule has 1 aliphatic heterocycles. The van der Waals surface area contributed by atoms with Crippen LogP contribution in [0.3, 0.4) is 0 Å². The molecule has 1 heterocycles. The molecule has 0 amide bonds. The molecule has 1 saturated carbocycles. The largest absolute Gasteiger partial charge is 0.317 e. The quantitative estimate of drug-likeness (QED) is 0.506. The SMILES string of the molecule is C1CCC2(C1)CCNCC2.NS. The van der Waals surface area contributed by atoms with Crippen LogP contribution in [-0.2, 0) is 0 Å². The molecule has 2 nitrogen and oxygen atoms in total. The maximum atomic E-state index is 4.19. The lowest BCUT2D eigenvalue weighted by molar-refractivity contribution is 0.210. The molecule has 0 aromatic heterocycles. The molecule has 2 aliphatic rings. The first-order valence-corrected chi connectivity index (χ1v) is 5.40. The molecule has 0 bridgehead atoms. The van der Waals surface area contributed by atoms with Crippen molar-refractivity contribution in [3.63, 3.8) is 0 Å². The average Bonchev–Trinajstić information content (AvgIpc) is 2.58. The van der Waals surface area contributed by atoms with E-state index in [0.717, 1.165) is 5.41 Å². The second-order valence-electron chi connectivity index (χ2n) is 3.96. The summed E-state index contributed by atoms with van der Waals surface area (Å²) in [4.78, 5) is 0. The molecule has 0 aromatic carbocycles. The summed E-state index contributed by atoms with van der Waals surface area (Å²) in [6, 6.07) is 0. The molecule has 2 rings (SSSR count). The number of piperidine rings is 1. The first kappa shape index (κ1) is 10.4. The van der Waals surface area contributed by atoms with E-state index < -0.39 is 0 Å². The molecule has 0 unspecified atom stereocenters. The third-order valence-corrected chi connectivity index (χ3v) is 3.33. The number of thiol groups is 1. The van der Waals surface area contributed by atoms with Gasteiger partial charge in [0.15, 0.2) is 0 Å². The Kier molecular flexibility index (Phi) is 4.40. The van der Waals surface area contributed by atoms with Crippen molar-refractivity contribution >= 4 is 12.8 Å². The minimum absolute atomic E-state index is 0.811. The Labute approximate surface area is 80.8 Å². The van der Waals surface area contributed by atoms with Crippen molar-refractivity contribution in [2.45, 2.75) is 38.5 Å². The van der Waals surface area contributed by atoms with E-state index in [2.05, 4.69) is 23.3 Å². The molecule has 0 aromatic rings. The standard InChI is InChI=1S/C9H17N.H3NS/c1-2-4-9(3-1)5-7-10-8-6-9;1-2/h10H,1-8H2;2H,1H2. The van der Waals surface area contributed by atoms with E-state index in [9.17, 15) is 0 Å². The molecular weight excluding hydrogens is 168 g/mol. The predicted octanol–water partition coefficient (Wildman–Crippen LogP) is 1.72. The first-order chi connectivity index (χ1) is 5.91. The van der Waals surface area contributed by atoms with Crippen molar-refractivity contribution in [3.8, 4) is 0 Å². The van der Waals surface area contributed by atoms with Gasteiger partial charge in [-0.25, -0.2) is 0 Å². The Morgan fingerprint density at radius 3 is 1.92 bits per heavy atom. The Morgan fingerprint density at radius 2 is 1.42 bits per heavy atom. The zero-order valence-electron chi connectivity index (χ0n) is 7.68. The summed E-state index contributed by atoms with van der Waals surface area (Å²) < 4.78 is 0. The lowest BCUT2D eigenvalue weighted by Crippen LogP contribution is -2.34.